The molecule has 1 amide bonds. The van der Waals surface area contributed by atoms with E-state index in [1.165, 1.54) is 32.7 Å². The Morgan fingerprint density at radius 2 is 1.76 bits per heavy atom. The van der Waals surface area contributed by atoms with Crippen LogP contribution in [0, 0.1) is 0 Å². The van der Waals surface area contributed by atoms with Gasteiger partial charge >= 0.3 is 0 Å². The van der Waals surface area contributed by atoms with Gasteiger partial charge in [-0.25, -0.2) is 4.98 Å². The molecule has 0 spiro atoms. The van der Waals surface area contributed by atoms with Crippen LogP contribution < -0.4 is 19.5 Å². The van der Waals surface area contributed by atoms with E-state index in [0.717, 1.165) is 27.5 Å². The van der Waals surface area contributed by atoms with Crippen LogP contribution in [0.5, 0.6) is 17.2 Å². The molecule has 4 aromatic rings. The lowest BCUT2D eigenvalue weighted by Gasteiger charge is -2.12. The molecule has 2 aromatic carbocycles. The third-order valence-corrected chi connectivity index (χ3v) is 6.64. The Bertz CT molecular complexity index is 1270. The van der Waals surface area contributed by atoms with Crippen LogP contribution in [0.25, 0.3) is 22.7 Å². The van der Waals surface area contributed by atoms with Crippen molar-refractivity contribution in [1.29, 1.82) is 0 Å². The maximum atomic E-state index is 12.4. The lowest BCUT2D eigenvalue weighted by Crippen LogP contribution is -2.13. The van der Waals surface area contributed by atoms with Gasteiger partial charge in [-0.05, 0) is 24.3 Å². The summed E-state index contributed by atoms with van der Waals surface area (Å²) in [5.41, 5.74) is 2.37. The first-order chi connectivity index (χ1) is 16.5. The first-order valence-electron chi connectivity index (χ1n) is 9.78. The van der Waals surface area contributed by atoms with E-state index in [-0.39, 0.29) is 22.8 Å². The molecule has 0 aliphatic carbocycles. The summed E-state index contributed by atoms with van der Waals surface area (Å²) < 4.78 is 22.7. The number of hydrogen-bond acceptors (Lipinski definition) is 10. The van der Waals surface area contributed by atoms with Crippen LogP contribution in [0.2, 0.25) is 0 Å². The summed E-state index contributed by atoms with van der Waals surface area (Å²) in [4.78, 5) is 16.9. The number of thioether (sulfide) groups is 1. The summed E-state index contributed by atoms with van der Waals surface area (Å²) >= 11 is 5.90. The summed E-state index contributed by atoms with van der Waals surface area (Å²) in [7, 11) is 4.58. The largest absolute Gasteiger partial charge is 0.493 e. The van der Waals surface area contributed by atoms with Crippen molar-refractivity contribution in [3.05, 3.63) is 46.3 Å². The number of rotatable bonds is 9. The Labute approximate surface area is 212 Å². The van der Waals surface area contributed by atoms with Crippen molar-refractivity contribution < 1.29 is 23.4 Å². The predicted octanol–water partition coefficient (Wildman–Crippen LogP) is 5.38. The predicted molar refractivity (Wildman–Crippen MR) is 134 cm³/mol. The van der Waals surface area contributed by atoms with Gasteiger partial charge in [0.05, 0.1) is 32.8 Å². The number of methoxy groups -OCH3 is 3. The van der Waals surface area contributed by atoms with Crippen LogP contribution in [-0.4, -0.2) is 48.2 Å². The standard InChI is InChI=1S/C22H19BrN4O5S2/c1-29-16-8-13(9-17(30-2)19(16)31-3)20-26-27-22(32-20)34-11-18(28)25-21-24-15(10-33-21)12-4-6-14(23)7-5-12/h4-10H,11H2,1-3H3,(H,24,25,28). The Kier molecular flexibility index (Phi) is 7.70. The second-order valence-electron chi connectivity index (χ2n) is 6.67. The molecule has 0 fully saturated rings. The second-order valence-corrected chi connectivity index (χ2v) is 9.37. The van der Waals surface area contributed by atoms with Gasteiger partial charge in [0.15, 0.2) is 16.6 Å². The fourth-order valence-corrected chi connectivity index (χ4v) is 4.52. The van der Waals surface area contributed by atoms with Crippen molar-refractivity contribution in [2.45, 2.75) is 5.22 Å². The molecule has 0 bridgehead atoms. The monoisotopic (exact) mass is 562 g/mol. The molecular weight excluding hydrogens is 544 g/mol. The Hall–Kier alpha value is -3.09. The Morgan fingerprint density at radius 1 is 1.06 bits per heavy atom. The zero-order valence-corrected chi connectivity index (χ0v) is 21.5. The molecule has 4 rings (SSSR count). The number of nitrogens with zero attached hydrogens (tertiary/aromatic N) is 3. The quantitative estimate of drug-likeness (QED) is 0.269. The number of carbonyl (C=O) groups is 1. The van der Waals surface area contributed by atoms with Gasteiger partial charge in [-0.3, -0.25) is 4.79 Å². The van der Waals surface area contributed by atoms with Gasteiger partial charge in [0.2, 0.25) is 17.5 Å². The molecule has 0 saturated heterocycles. The molecule has 1 N–H and O–H groups in total. The lowest BCUT2D eigenvalue weighted by molar-refractivity contribution is -0.113. The Morgan fingerprint density at radius 3 is 2.41 bits per heavy atom. The number of carbonyl (C=O) groups excluding carboxylic acids is 1. The van der Waals surface area contributed by atoms with Gasteiger partial charge in [-0.1, -0.05) is 39.8 Å². The number of ether oxygens (including phenoxy) is 3. The van der Waals surface area contributed by atoms with Crippen LogP contribution in [0.15, 0.2) is 55.9 Å². The van der Waals surface area contributed by atoms with Crippen LogP contribution in [0.3, 0.4) is 0 Å². The van der Waals surface area contributed by atoms with Crippen molar-refractivity contribution in [3.8, 4) is 40.0 Å². The molecule has 0 aliphatic rings. The maximum absolute atomic E-state index is 12.4. The molecule has 0 radical (unpaired) electrons. The molecule has 176 valence electrons. The summed E-state index contributed by atoms with van der Waals surface area (Å²) in [6.45, 7) is 0. The molecule has 0 saturated carbocycles. The molecule has 34 heavy (non-hydrogen) atoms. The van der Waals surface area contributed by atoms with E-state index in [1.54, 1.807) is 12.1 Å². The number of aromatic nitrogens is 3. The summed E-state index contributed by atoms with van der Waals surface area (Å²) in [5, 5.41) is 13.5. The number of hydrogen-bond donors (Lipinski definition) is 1. The minimum absolute atomic E-state index is 0.0874. The molecule has 0 unspecified atom stereocenters. The van der Waals surface area contributed by atoms with E-state index in [2.05, 4.69) is 36.4 Å². The van der Waals surface area contributed by atoms with Gasteiger partial charge in [0.25, 0.3) is 5.22 Å². The minimum Gasteiger partial charge on any atom is -0.493 e. The molecule has 9 nitrogen and oxygen atoms in total. The van der Waals surface area contributed by atoms with E-state index < -0.39 is 0 Å². The number of nitrogens with one attached hydrogen (secondary N) is 1. The van der Waals surface area contributed by atoms with Crippen molar-refractivity contribution in [2.24, 2.45) is 0 Å². The molecule has 2 heterocycles. The number of benzene rings is 2. The number of halogens is 1. The van der Waals surface area contributed by atoms with E-state index in [9.17, 15) is 4.79 Å². The van der Waals surface area contributed by atoms with Crippen LogP contribution in [-0.2, 0) is 4.79 Å². The first kappa shape index (κ1) is 24.0. The van der Waals surface area contributed by atoms with Crippen LogP contribution in [0.4, 0.5) is 5.13 Å². The fraction of sp³-hybridized carbons (Fsp3) is 0.182. The van der Waals surface area contributed by atoms with Crippen molar-refractivity contribution in [2.75, 3.05) is 32.4 Å². The van der Waals surface area contributed by atoms with E-state index in [0.29, 0.717) is 27.9 Å². The number of amides is 1. The lowest BCUT2D eigenvalue weighted by atomic mass is 10.2. The normalized spacial score (nSPS) is 10.7. The zero-order chi connectivity index (χ0) is 24.1. The van der Waals surface area contributed by atoms with Gasteiger partial charge in [0, 0.05) is 21.0 Å². The van der Waals surface area contributed by atoms with Gasteiger partial charge in [-0.2, -0.15) is 0 Å². The molecule has 12 heteroatoms. The molecular formula is C22H19BrN4O5S2. The summed E-state index contributed by atoms with van der Waals surface area (Å²) in [5.74, 6) is 1.52. The number of anilines is 1. The second kappa shape index (κ2) is 10.9. The summed E-state index contributed by atoms with van der Waals surface area (Å²) in [6, 6.07) is 11.2. The fourth-order valence-electron chi connectivity index (χ4n) is 2.96. The zero-order valence-electron chi connectivity index (χ0n) is 18.3. The van der Waals surface area contributed by atoms with Crippen molar-refractivity contribution in [3.63, 3.8) is 0 Å². The van der Waals surface area contributed by atoms with Gasteiger partial charge < -0.3 is 23.9 Å². The van der Waals surface area contributed by atoms with E-state index in [4.69, 9.17) is 18.6 Å². The highest BCUT2D eigenvalue weighted by Crippen LogP contribution is 2.41. The minimum atomic E-state index is -0.228. The van der Waals surface area contributed by atoms with Crippen molar-refractivity contribution >= 4 is 50.1 Å². The Balaban J connectivity index is 1.38. The molecule has 0 aliphatic heterocycles. The molecule has 2 aromatic heterocycles. The SMILES string of the molecule is COc1cc(-c2nnc(SCC(=O)Nc3nc(-c4ccc(Br)cc4)cs3)o2)cc(OC)c1OC. The van der Waals surface area contributed by atoms with Crippen LogP contribution in [0.1, 0.15) is 0 Å². The van der Waals surface area contributed by atoms with Gasteiger partial charge in [0.1, 0.15) is 0 Å². The molecule has 0 atom stereocenters. The third-order valence-electron chi connectivity index (χ3n) is 4.54. The topological polar surface area (TPSA) is 109 Å². The highest BCUT2D eigenvalue weighted by Gasteiger charge is 2.18. The van der Waals surface area contributed by atoms with Crippen LogP contribution >= 0.6 is 39.0 Å². The highest BCUT2D eigenvalue weighted by atomic mass is 79.9. The van der Waals surface area contributed by atoms with E-state index in [1.807, 2.05) is 29.6 Å². The average molecular weight is 563 g/mol. The smallest absolute Gasteiger partial charge is 0.277 e. The van der Waals surface area contributed by atoms with E-state index >= 15 is 0 Å². The maximum Gasteiger partial charge on any atom is 0.277 e. The third kappa shape index (κ3) is 5.51. The van der Waals surface area contributed by atoms with Crippen molar-refractivity contribution in [1.82, 2.24) is 15.2 Å². The summed E-state index contributed by atoms with van der Waals surface area (Å²) in [6.07, 6.45) is 0. The highest BCUT2D eigenvalue weighted by molar-refractivity contribution is 9.10. The average Bonchev–Trinajstić information content (AvgIpc) is 3.52. The first-order valence-corrected chi connectivity index (χ1v) is 12.4. The van der Waals surface area contributed by atoms with Gasteiger partial charge in [-0.15, -0.1) is 21.5 Å². The number of thiazole rings is 1.